The number of aromatic nitrogens is 1. The summed E-state index contributed by atoms with van der Waals surface area (Å²) < 4.78 is 5.30. The lowest BCUT2D eigenvalue weighted by Crippen LogP contribution is -2.41. The fourth-order valence-electron chi connectivity index (χ4n) is 4.29. The number of fused-ring (bicyclic) bond motifs is 1. The smallest absolute Gasteiger partial charge is 0.253 e. The average Bonchev–Trinajstić information content (AvgIpc) is 2.85. The predicted octanol–water partition coefficient (Wildman–Crippen LogP) is 5.79. The fourth-order valence-corrected chi connectivity index (χ4v) is 4.60. The highest BCUT2D eigenvalue weighted by Crippen LogP contribution is 2.21. The first-order chi connectivity index (χ1) is 16.8. The number of rotatable bonds is 7. The molecule has 0 fully saturated rings. The summed E-state index contributed by atoms with van der Waals surface area (Å²) in [6, 6.07) is 24.3. The van der Waals surface area contributed by atoms with Crippen LogP contribution in [0.15, 0.2) is 77.6 Å². The zero-order valence-corrected chi connectivity index (χ0v) is 21.4. The second kappa shape index (κ2) is 10.7. The number of aromatic amines is 1. The molecule has 1 atom stereocenters. The Morgan fingerprint density at radius 3 is 2.43 bits per heavy atom. The van der Waals surface area contributed by atoms with E-state index in [0.717, 1.165) is 38.9 Å². The normalized spacial score (nSPS) is 11.8. The van der Waals surface area contributed by atoms with Crippen LogP contribution in [0.3, 0.4) is 0 Å². The van der Waals surface area contributed by atoms with Gasteiger partial charge in [-0.1, -0.05) is 48.5 Å². The zero-order chi connectivity index (χ0) is 24.9. The molecule has 4 aromatic rings. The number of thiocarbonyl (C=S) groups is 1. The summed E-state index contributed by atoms with van der Waals surface area (Å²) in [6.07, 6.45) is 0. The van der Waals surface area contributed by atoms with Crippen LogP contribution in [0.1, 0.15) is 40.8 Å². The Balaban J connectivity index is 1.64. The van der Waals surface area contributed by atoms with Crippen LogP contribution in [0.25, 0.3) is 10.9 Å². The first-order valence-electron chi connectivity index (χ1n) is 11.7. The van der Waals surface area contributed by atoms with E-state index in [1.165, 1.54) is 0 Å². The molecule has 6 heteroatoms. The topological polar surface area (TPSA) is 57.4 Å². The van der Waals surface area contributed by atoms with Gasteiger partial charge in [0, 0.05) is 23.0 Å². The van der Waals surface area contributed by atoms with E-state index in [0.29, 0.717) is 23.8 Å². The van der Waals surface area contributed by atoms with Crippen molar-refractivity contribution >= 4 is 28.2 Å². The van der Waals surface area contributed by atoms with Gasteiger partial charge in [0.1, 0.15) is 5.75 Å². The molecule has 4 rings (SSSR count). The van der Waals surface area contributed by atoms with Gasteiger partial charge in [0.25, 0.3) is 5.56 Å². The fraction of sp³-hybridized carbons (Fsp3) is 0.241. The number of nitrogens with one attached hydrogen (secondary N) is 2. The molecule has 5 nitrogen and oxygen atoms in total. The Kier molecular flexibility index (Phi) is 7.51. The number of benzene rings is 3. The lowest BCUT2D eigenvalue weighted by Gasteiger charge is -2.28. The van der Waals surface area contributed by atoms with E-state index in [9.17, 15) is 4.79 Å². The van der Waals surface area contributed by atoms with E-state index in [1.54, 1.807) is 7.11 Å². The third-order valence-corrected chi connectivity index (χ3v) is 6.59. The van der Waals surface area contributed by atoms with Crippen LogP contribution in [-0.4, -0.2) is 22.1 Å². The largest absolute Gasteiger partial charge is 0.497 e. The van der Waals surface area contributed by atoms with Crippen LogP contribution < -0.4 is 15.6 Å². The van der Waals surface area contributed by atoms with Gasteiger partial charge in [-0.2, -0.15) is 0 Å². The summed E-state index contributed by atoms with van der Waals surface area (Å²) in [5.74, 6) is 0.801. The van der Waals surface area contributed by atoms with E-state index in [2.05, 4.69) is 42.3 Å². The molecule has 180 valence electrons. The van der Waals surface area contributed by atoms with Crippen molar-refractivity contribution in [2.24, 2.45) is 0 Å². The molecule has 35 heavy (non-hydrogen) atoms. The molecule has 3 aromatic carbocycles. The summed E-state index contributed by atoms with van der Waals surface area (Å²) in [4.78, 5) is 18.1. The van der Waals surface area contributed by atoms with Gasteiger partial charge in [0.05, 0.1) is 19.7 Å². The number of H-pyrrole nitrogens is 1. The molecular weight excluding hydrogens is 454 g/mol. The molecule has 0 unspecified atom stereocenters. The first kappa shape index (κ1) is 24.5. The minimum absolute atomic E-state index is 0.0298. The SMILES string of the molecule is COc1ccc(CN(Cc2cc3c(C)cc(C)cc3[nH]c2=O)C(=S)N[C@H](C)c2ccccc2)cc1. The molecule has 1 aromatic heterocycles. The molecule has 1 heterocycles. The summed E-state index contributed by atoms with van der Waals surface area (Å²) in [6.45, 7) is 7.13. The number of hydrogen-bond acceptors (Lipinski definition) is 3. The minimum Gasteiger partial charge on any atom is -0.497 e. The molecule has 0 spiro atoms. The monoisotopic (exact) mass is 485 g/mol. The lowest BCUT2D eigenvalue weighted by molar-refractivity contribution is 0.390. The van der Waals surface area contributed by atoms with Crippen LogP contribution in [0.4, 0.5) is 0 Å². The van der Waals surface area contributed by atoms with E-state index in [1.807, 2.05) is 66.4 Å². The van der Waals surface area contributed by atoms with Crippen LogP contribution in [0.2, 0.25) is 0 Å². The minimum atomic E-state index is -0.0962. The number of methoxy groups -OCH3 is 1. The second-order valence-electron chi connectivity index (χ2n) is 8.95. The molecule has 0 saturated carbocycles. The van der Waals surface area contributed by atoms with Gasteiger partial charge in [0.15, 0.2) is 5.11 Å². The van der Waals surface area contributed by atoms with Crippen molar-refractivity contribution in [2.45, 2.75) is 39.9 Å². The maximum absolute atomic E-state index is 13.0. The number of nitrogens with zero attached hydrogens (tertiary/aromatic N) is 1. The van der Waals surface area contributed by atoms with Crippen molar-refractivity contribution in [3.8, 4) is 5.75 Å². The average molecular weight is 486 g/mol. The van der Waals surface area contributed by atoms with Crippen LogP contribution in [0.5, 0.6) is 5.75 Å². The number of aryl methyl sites for hydroxylation is 2. The summed E-state index contributed by atoms with van der Waals surface area (Å²) in [7, 11) is 1.65. The molecular formula is C29H31N3O2S. The van der Waals surface area contributed by atoms with E-state index >= 15 is 0 Å². The number of hydrogen-bond donors (Lipinski definition) is 2. The molecule has 0 saturated heterocycles. The summed E-state index contributed by atoms with van der Waals surface area (Å²) in [5, 5.41) is 5.10. The molecule has 0 amide bonds. The lowest BCUT2D eigenvalue weighted by atomic mass is 10.0. The Morgan fingerprint density at radius 2 is 1.74 bits per heavy atom. The van der Waals surface area contributed by atoms with Crippen molar-refractivity contribution < 1.29 is 4.74 Å². The third-order valence-electron chi connectivity index (χ3n) is 6.21. The molecule has 0 aliphatic carbocycles. The standard InChI is InChI=1S/C29H31N3O2S/c1-19-14-20(2)26-16-24(28(33)31-27(26)15-19)18-32(17-22-10-12-25(34-4)13-11-22)29(35)30-21(3)23-8-6-5-7-9-23/h5-16,21H,17-18H2,1-4H3,(H,30,35)(H,31,33)/t21-/m1/s1. The predicted molar refractivity (Wildman–Crippen MR) is 147 cm³/mol. The van der Waals surface area contributed by atoms with Crippen molar-refractivity contribution in [2.75, 3.05) is 7.11 Å². The summed E-state index contributed by atoms with van der Waals surface area (Å²) >= 11 is 5.86. The molecule has 0 aliphatic heterocycles. The third kappa shape index (κ3) is 5.89. The van der Waals surface area contributed by atoms with Crippen LogP contribution >= 0.6 is 12.2 Å². The highest BCUT2D eigenvalue weighted by Gasteiger charge is 2.17. The molecule has 0 bridgehead atoms. The van der Waals surface area contributed by atoms with Gasteiger partial charge in [0.2, 0.25) is 0 Å². The molecule has 0 aliphatic rings. The second-order valence-corrected chi connectivity index (χ2v) is 9.34. The Labute approximate surface area is 211 Å². The van der Waals surface area contributed by atoms with Crippen molar-refractivity contribution in [3.05, 3.63) is 111 Å². The quantitative estimate of drug-likeness (QED) is 0.325. The highest BCUT2D eigenvalue weighted by molar-refractivity contribution is 7.80. The van der Waals surface area contributed by atoms with Gasteiger partial charge >= 0.3 is 0 Å². The molecule has 0 radical (unpaired) electrons. The van der Waals surface area contributed by atoms with Gasteiger partial charge in [-0.05, 0) is 79.5 Å². The molecule has 2 N–H and O–H groups in total. The van der Waals surface area contributed by atoms with Crippen molar-refractivity contribution in [1.29, 1.82) is 0 Å². The van der Waals surface area contributed by atoms with Crippen LogP contribution in [0, 0.1) is 13.8 Å². The summed E-state index contributed by atoms with van der Waals surface area (Å²) in [5.41, 5.74) is 5.92. The Bertz CT molecular complexity index is 1380. The van der Waals surface area contributed by atoms with Gasteiger partial charge in [-0.3, -0.25) is 4.79 Å². The number of ether oxygens (including phenoxy) is 1. The first-order valence-corrected chi connectivity index (χ1v) is 12.1. The van der Waals surface area contributed by atoms with E-state index in [4.69, 9.17) is 17.0 Å². The van der Waals surface area contributed by atoms with Gasteiger partial charge in [-0.25, -0.2) is 0 Å². The van der Waals surface area contributed by atoms with Gasteiger partial charge < -0.3 is 19.9 Å². The Hall–Kier alpha value is -3.64. The Morgan fingerprint density at radius 1 is 1.03 bits per heavy atom. The van der Waals surface area contributed by atoms with Crippen molar-refractivity contribution in [3.63, 3.8) is 0 Å². The highest BCUT2D eigenvalue weighted by atomic mass is 32.1. The van der Waals surface area contributed by atoms with Gasteiger partial charge in [-0.15, -0.1) is 0 Å². The maximum atomic E-state index is 13.0. The van der Waals surface area contributed by atoms with E-state index < -0.39 is 0 Å². The van der Waals surface area contributed by atoms with E-state index in [-0.39, 0.29) is 11.6 Å². The van der Waals surface area contributed by atoms with Crippen LogP contribution in [-0.2, 0) is 13.1 Å². The number of pyridine rings is 1. The maximum Gasteiger partial charge on any atom is 0.253 e. The zero-order valence-electron chi connectivity index (χ0n) is 20.6. The van der Waals surface area contributed by atoms with Crippen molar-refractivity contribution in [1.82, 2.24) is 15.2 Å².